The summed E-state index contributed by atoms with van der Waals surface area (Å²) < 4.78 is 13.2. The second kappa shape index (κ2) is 9.65. The first kappa shape index (κ1) is 21.7. The van der Waals surface area contributed by atoms with Crippen LogP contribution < -0.4 is 5.32 Å². The Morgan fingerprint density at radius 3 is 2.57 bits per heavy atom. The Morgan fingerprint density at radius 2 is 1.87 bits per heavy atom. The quantitative estimate of drug-likeness (QED) is 0.708. The molecule has 0 bridgehead atoms. The summed E-state index contributed by atoms with van der Waals surface area (Å²) in [6.45, 7) is 4.45. The molecule has 1 heterocycles. The number of nitrogens with one attached hydrogen (secondary N) is 1. The highest BCUT2D eigenvalue weighted by atomic mass is 19.1. The van der Waals surface area contributed by atoms with E-state index < -0.39 is 0 Å². The van der Waals surface area contributed by atoms with Gasteiger partial charge in [-0.1, -0.05) is 18.2 Å². The van der Waals surface area contributed by atoms with E-state index in [1.165, 1.54) is 19.1 Å². The van der Waals surface area contributed by atoms with Crippen LogP contribution in [0.15, 0.2) is 42.5 Å². The van der Waals surface area contributed by atoms with Crippen molar-refractivity contribution in [3.05, 3.63) is 65.0 Å². The zero-order valence-corrected chi connectivity index (χ0v) is 17.4. The minimum absolute atomic E-state index is 0.116. The lowest BCUT2D eigenvalue weighted by atomic mass is 9.92. The maximum atomic E-state index is 13.2. The molecule has 1 atom stereocenters. The predicted molar refractivity (Wildman–Crippen MR) is 114 cm³/mol. The molecule has 30 heavy (non-hydrogen) atoms. The van der Waals surface area contributed by atoms with Crippen molar-refractivity contribution in [3.63, 3.8) is 0 Å². The minimum atomic E-state index is -0.330. The highest BCUT2D eigenvalue weighted by Gasteiger charge is 2.26. The smallest absolute Gasteiger partial charge is 0.254 e. The fraction of sp³-hybridized carbons (Fsp3) is 0.375. The molecule has 5 nitrogen and oxygen atoms in total. The normalized spacial score (nSPS) is 16.2. The molecule has 0 unspecified atom stereocenters. The van der Waals surface area contributed by atoms with Crippen molar-refractivity contribution in [3.8, 4) is 0 Å². The average Bonchev–Trinajstić information content (AvgIpc) is 2.74. The van der Waals surface area contributed by atoms with Crippen LogP contribution in [0.4, 0.5) is 10.1 Å². The van der Waals surface area contributed by atoms with Gasteiger partial charge in [0.15, 0.2) is 5.78 Å². The van der Waals surface area contributed by atoms with Crippen LogP contribution in [-0.4, -0.2) is 35.6 Å². The molecule has 6 heteroatoms. The summed E-state index contributed by atoms with van der Waals surface area (Å²) in [6.07, 6.45) is 2.84. The molecule has 0 spiro atoms. The second-order valence-corrected chi connectivity index (χ2v) is 7.91. The lowest BCUT2D eigenvalue weighted by Crippen LogP contribution is -2.40. The van der Waals surface area contributed by atoms with Crippen molar-refractivity contribution in [1.82, 2.24) is 4.90 Å². The summed E-state index contributed by atoms with van der Waals surface area (Å²) in [7, 11) is 0. The van der Waals surface area contributed by atoms with Crippen LogP contribution in [0.2, 0.25) is 0 Å². The summed E-state index contributed by atoms with van der Waals surface area (Å²) in [4.78, 5) is 38.9. The van der Waals surface area contributed by atoms with Crippen LogP contribution in [0.3, 0.4) is 0 Å². The number of likely N-dealkylation sites (tertiary alicyclic amines) is 1. The van der Waals surface area contributed by atoms with E-state index in [4.69, 9.17) is 0 Å². The lowest BCUT2D eigenvalue weighted by molar-refractivity contribution is -0.116. The van der Waals surface area contributed by atoms with Gasteiger partial charge in [-0.2, -0.15) is 0 Å². The number of carbonyl (C=O) groups excluding carboxylic acids is 3. The first-order chi connectivity index (χ1) is 14.3. The summed E-state index contributed by atoms with van der Waals surface area (Å²) in [5.41, 5.74) is 2.18. The van der Waals surface area contributed by atoms with Crippen LogP contribution in [0.25, 0.3) is 0 Å². The van der Waals surface area contributed by atoms with Crippen LogP contribution in [0, 0.1) is 18.7 Å². The molecule has 0 aliphatic carbocycles. The van der Waals surface area contributed by atoms with Gasteiger partial charge < -0.3 is 10.2 Å². The number of anilines is 1. The van der Waals surface area contributed by atoms with Gasteiger partial charge in [0, 0.05) is 30.8 Å². The number of nitrogens with zero attached hydrogens (tertiary/aromatic N) is 1. The molecular formula is C24H27FN2O3. The van der Waals surface area contributed by atoms with Gasteiger partial charge in [0.05, 0.1) is 5.56 Å². The molecule has 3 rings (SSSR count). The van der Waals surface area contributed by atoms with Gasteiger partial charge in [-0.05, 0) is 68.9 Å². The molecule has 0 radical (unpaired) electrons. The van der Waals surface area contributed by atoms with Crippen molar-refractivity contribution in [2.45, 2.75) is 39.5 Å². The first-order valence-electron chi connectivity index (χ1n) is 10.3. The van der Waals surface area contributed by atoms with Crippen LogP contribution >= 0.6 is 0 Å². The first-order valence-corrected chi connectivity index (χ1v) is 10.3. The molecule has 1 N–H and O–H groups in total. The summed E-state index contributed by atoms with van der Waals surface area (Å²) in [6, 6.07) is 11.2. The van der Waals surface area contributed by atoms with Crippen LogP contribution in [0.1, 0.15) is 58.9 Å². The lowest BCUT2D eigenvalue weighted by Gasteiger charge is -2.33. The molecule has 2 aromatic carbocycles. The minimum Gasteiger partial charge on any atom is -0.338 e. The van der Waals surface area contributed by atoms with E-state index in [0.29, 0.717) is 48.3 Å². The topological polar surface area (TPSA) is 66.5 Å². The Bertz CT molecular complexity index is 957. The number of halogens is 1. The summed E-state index contributed by atoms with van der Waals surface area (Å²) in [5.74, 6) is -0.469. The number of aryl methyl sites for hydroxylation is 1. The Labute approximate surface area is 176 Å². The zero-order valence-electron chi connectivity index (χ0n) is 17.4. The molecule has 0 aromatic heterocycles. The maximum absolute atomic E-state index is 13.2. The van der Waals surface area contributed by atoms with E-state index in [1.54, 1.807) is 42.2 Å². The van der Waals surface area contributed by atoms with Gasteiger partial charge in [0.1, 0.15) is 5.82 Å². The maximum Gasteiger partial charge on any atom is 0.254 e. The summed E-state index contributed by atoms with van der Waals surface area (Å²) in [5, 5.41) is 2.83. The number of hydrogen-bond donors (Lipinski definition) is 1. The van der Waals surface area contributed by atoms with Crippen molar-refractivity contribution < 1.29 is 18.8 Å². The molecule has 158 valence electrons. The van der Waals surface area contributed by atoms with Crippen molar-refractivity contribution in [2.75, 3.05) is 18.4 Å². The monoisotopic (exact) mass is 410 g/mol. The number of piperidine rings is 1. The molecule has 0 saturated carbocycles. The zero-order chi connectivity index (χ0) is 21.7. The number of ketones is 1. The summed E-state index contributed by atoms with van der Waals surface area (Å²) >= 11 is 0. The molecule has 2 amide bonds. The van der Waals surface area contributed by atoms with Crippen molar-refractivity contribution in [1.29, 1.82) is 0 Å². The van der Waals surface area contributed by atoms with E-state index in [1.807, 2.05) is 0 Å². The molecule has 1 saturated heterocycles. The van der Waals surface area contributed by atoms with Gasteiger partial charge in [-0.25, -0.2) is 4.39 Å². The predicted octanol–water partition coefficient (Wildman–Crippen LogP) is 4.61. The fourth-order valence-corrected chi connectivity index (χ4v) is 3.95. The van der Waals surface area contributed by atoms with E-state index in [0.717, 1.165) is 12.8 Å². The van der Waals surface area contributed by atoms with Gasteiger partial charge >= 0.3 is 0 Å². The van der Waals surface area contributed by atoms with Crippen molar-refractivity contribution >= 4 is 23.3 Å². The number of hydrogen-bond acceptors (Lipinski definition) is 3. The standard InChI is InChI=1S/C24H27FN2O3/c1-16-14-19(25)10-11-22(16)26-23(29)12-9-18-6-5-13-27(15-18)24(30)21-8-4-3-7-20(21)17(2)28/h3-4,7-8,10-11,14,18H,5-6,9,12-13,15H2,1-2H3,(H,26,29)/t18-/m1/s1. The van der Waals surface area contributed by atoms with Gasteiger partial charge in [-0.3, -0.25) is 14.4 Å². The molecular weight excluding hydrogens is 383 g/mol. The van der Waals surface area contributed by atoms with Gasteiger partial charge in [0.25, 0.3) is 5.91 Å². The molecule has 1 fully saturated rings. The molecule has 1 aliphatic rings. The number of Topliss-reactive ketones (excluding diaryl/α,β-unsaturated/α-hetero) is 1. The molecule has 2 aromatic rings. The third kappa shape index (κ3) is 5.32. The Kier molecular flexibility index (Phi) is 6.98. The number of benzene rings is 2. The third-order valence-corrected chi connectivity index (χ3v) is 5.59. The van der Waals surface area contributed by atoms with E-state index in [9.17, 15) is 18.8 Å². The number of rotatable bonds is 6. The van der Waals surface area contributed by atoms with Crippen LogP contribution in [-0.2, 0) is 4.79 Å². The largest absolute Gasteiger partial charge is 0.338 e. The Balaban J connectivity index is 1.57. The highest BCUT2D eigenvalue weighted by molar-refractivity contribution is 6.07. The Hall–Kier alpha value is -3.02. The number of amides is 2. The second-order valence-electron chi connectivity index (χ2n) is 7.91. The van der Waals surface area contributed by atoms with Crippen molar-refractivity contribution in [2.24, 2.45) is 5.92 Å². The SMILES string of the molecule is CC(=O)c1ccccc1C(=O)N1CCC[C@H](CCC(=O)Nc2ccc(F)cc2C)C1. The van der Waals surface area contributed by atoms with E-state index in [2.05, 4.69) is 5.32 Å². The fourth-order valence-electron chi connectivity index (χ4n) is 3.95. The third-order valence-electron chi connectivity index (χ3n) is 5.59. The van der Waals surface area contributed by atoms with E-state index in [-0.39, 0.29) is 29.3 Å². The van der Waals surface area contributed by atoms with Crippen LogP contribution in [0.5, 0.6) is 0 Å². The Morgan fingerprint density at radius 1 is 1.13 bits per heavy atom. The number of carbonyl (C=O) groups is 3. The van der Waals surface area contributed by atoms with Gasteiger partial charge in [0.2, 0.25) is 5.91 Å². The average molecular weight is 410 g/mol. The molecule has 1 aliphatic heterocycles. The van der Waals surface area contributed by atoms with E-state index >= 15 is 0 Å². The van der Waals surface area contributed by atoms with Gasteiger partial charge in [-0.15, -0.1) is 0 Å². The highest BCUT2D eigenvalue weighted by Crippen LogP contribution is 2.24.